The van der Waals surface area contributed by atoms with Crippen LogP contribution in [0.15, 0.2) is 52.9 Å². The van der Waals surface area contributed by atoms with Crippen LogP contribution in [0.2, 0.25) is 0 Å². The Kier molecular flexibility index (Phi) is 5.39. The molecule has 1 aliphatic rings. The van der Waals surface area contributed by atoms with Crippen molar-refractivity contribution in [2.45, 2.75) is 25.4 Å². The molecule has 0 amide bonds. The molecular weight excluding hydrogens is 442 g/mol. The molecule has 2 aromatic carbocycles. The predicted molar refractivity (Wildman–Crippen MR) is 98.9 cm³/mol. The van der Waals surface area contributed by atoms with Gasteiger partial charge in [0, 0.05) is 12.0 Å². The van der Waals surface area contributed by atoms with E-state index in [4.69, 9.17) is 13.9 Å². The number of hydrogen-bond donors (Lipinski definition) is 0. The highest BCUT2D eigenvalue weighted by Crippen LogP contribution is 2.39. The van der Waals surface area contributed by atoms with Gasteiger partial charge in [-0.2, -0.15) is 26.3 Å². The second-order valence-electron chi connectivity index (χ2n) is 7.06. The van der Waals surface area contributed by atoms with Crippen LogP contribution in [0.3, 0.4) is 0 Å². The van der Waals surface area contributed by atoms with E-state index in [2.05, 4.69) is 0 Å². The Morgan fingerprint density at radius 1 is 0.906 bits per heavy atom. The van der Waals surface area contributed by atoms with Crippen LogP contribution in [-0.4, -0.2) is 12.6 Å². The minimum Gasteiger partial charge on any atom is -0.493 e. The van der Waals surface area contributed by atoms with Crippen LogP contribution in [0.25, 0.3) is 11.3 Å². The molecule has 3 aromatic rings. The van der Waals surface area contributed by atoms with Gasteiger partial charge < -0.3 is 13.9 Å². The third kappa shape index (κ3) is 4.58. The average Bonchev–Trinajstić information content (AvgIpc) is 3.39. The van der Waals surface area contributed by atoms with E-state index in [1.165, 1.54) is 18.2 Å². The lowest BCUT2D eigenvalue weighted by Crippen LogP contribution is -2.11. The summed E-state index contributed by atoms with van der Waals surface area (Å²) >= 11 is 0. The van der Waals surface area contributed by atoms with E-state index in [1.54, 1.807) is 12.1 Å². The zero-order chi connectivity index (χ0) is 23.1. The molecule has 0 radical (unpaired) electrons. The average molecular weight is 456 g/mol. The molecule has 0 unspecified atom stereocenters. The molecule has 0 aliphatic carbocycles. The minimum atomic E-state index is -4.97. The fraction of sp³-hybridized carbons (Fsp3) is 0.227. The predicted octanol–water partition coefficient (Wildman–Crippen LogP) is 6.28. The Morgan fingerprint density at radius 2 is 1.59 bits per heavy atom. The zero-order valence-electron chi connectivity index (χ0n) is 16.1. The molecule has 1 aromatic heterocycles. The van der Waals surface area contributed by atoms with Gasteiger partial charge in [-0.25, -0.2) is 4.79 Å². The van der Waals surface area contributed by atoms with Crippen molar-refractivity contribution in [1.82, 2.24) is 0 Å². The Morgan fingerprint density at radius 3 is 2.25 bits per heavy atom. The van der Waals surface area contributed by atoms with Crippen molar-refractivity contribution in [3.8, 4) is 17.1 Å². The van der Waals surface area contributed by atoms with Gasteiger partial charge in [0.1, 0.15) is 23.9 Å². The highest BCUT2D eigenvalue weighted by Gasteiger charge is 2.37. The number of halogens is 6. The molecule has 1 aliphatic heterocycles. The number of carbonyl (C=O) groups excluding carboxylic acids is 1. The number of fused-ring (bicyclic) bond motifs is 1. The Labute approximate surface area is 177 Å². The van der Waals surface area contributed by atoms with Crippen LogP contribution in [0.4, 0.5) is 26.3 Å². The van der Waals surface area contributed by atoms with E-state index < -0.39 is 35.0 Å². The lowest BCUT2D eigenvalue weighted by atomic mass is 10.0. The molecular formula is C22H14F6O4. The number of furan rings is 1. The summed E-state index contributed by atoms with van der Waals surface area (Å²) in [5, 5.41) is 0. The smallest absolute Gasteiger partial charge is 0.416 e. The van der Waals surface area contributed by atoms with Crippen molar-refractivity contribution >= 4 is 5.97 Å². The van der Waals surface area contributed by atoms with Crippen LogP contribution >= 0.6 is 0 Å². The molecule has 4 nitrogen and oxygen atoms in total. The van der Waals surface area contributed by atoms with Gasteiger partial charge in [-0.3, -0.25) is 0 Å². The quantitative estimate of drug-likeness (QED) is 0.343. The van der Waals surface area contributed by atoms with E-state index >= 15 is 0 Å². The summed E-state index contributed by atoms with van der Waals surface area (Å²) in [4.78, 5) is 12.2. The molecule has 0 bridgehead atoms. The number of hydrogen-bond acceptors (Lipinski definition) is 4. The van der Waals surface area contributed by atoms with Crippen molar-refractivity contribution in [2.75, 3.05) is 6.61 Å². The lowest BCUT2D eigenvalue weighted by Gasteiger charge is -2.13. The number of esters is 1. The molecule has 2 heterocycles. The molecule has 0 fully saturated rings. The summed E-state index contributed by atoms with van der Waals surface area (Å²) in [6.07, 6.45) is -9.28. The largest absolute Gasteiger partial charge is 0.493 e. The molecule has 0 atom stereocenters. The molecule has 0 spiro atoms. The van der Waals surface area contributed by atoms with E-state index in [0.29, 0.717) is 30.9 Å². The summed E-state index contributed by atoms with van der Waals surface area (Å²) in [5.74, 6) is -0.126. The van der Waals surface area contributed by atoms with Gasteiger partial charge >= 0.3 is 18.3 Å². The van der Waals surface area contributed by atoms with E-state index in [1.807, 2.05) is 0 Å². The first-order valence-electron chi connectivity index (χ1n) is 9.32. The third-order valence-electron chi connectivity index (χ3n) is 4.80. The topological polar surface area (TPSA) is 48.7 Å². The van der Waals surface area contributed by atoms with Gasteiger partial charge in [-0.1, -0.05) is 0 Å². The molecule has 0 N–H and O–H groups in total. The fourth-order valence-corrected chi connectivity index (χ4v) is 3.24. The molecule has 4 rings (SSSR count). The summed E-state index contributed by atoms with van der Waals surface area (Å²) in [6.45, 7) is 0.173. The first kappa shape index (κ1) is 21.8. The zero-order valence-corrected chi connectivity index (χ0v) is 16.1. The van der Waals surface area contributed by atoms with Gasteiger partial charge in [0.05, 0.1) is 23.3 Å². The van der Waals surface area contributed by atoms with Gasteiger partial charge in [-0.05, 0) is 54.1 Å². The van der Waals surface area contributed by atoms with Crippen molar-refractivity contribution in [3.05, 3.63) is 76.5 Å². The maximum atomic E-state index is 13.0. The van der Waals surface area contributed by atoms with Gasteiger partial charge in [0.25, 0.3) is 0 Å². The first-order chi connectivity index (χ1) is 15.0. The maximum absolute atomic E-state index is 13.0. The molecule has 168 valence electrons. The van der Waals surface area contributed by atoms with Crippen LogP contribution in [0.5, 0.6) is 5.75 Å². The van der Waals surface area contributed by atoms with Crippen molar-refractivity contribution < 1.29 is 45.0 Å². The summed E-state index contributed by atoms with van der Waals surface area (Å²) < 4.78 is 94.1. The first-order valence-corrected chi connectivity index (χ1v) is 9.32. The Balaban J connectivity index is 1.52. The highest BCUT2D eigenvalue weighted by molar-refractivity contribution is 5.90. The Hall–Kier alpha value is -3.43. The summed E-state index contributed by atoms with van der Waals surface area (Å²) in [5.41, 5.74) is -2.15. The van der Waals surface area contributed by atoms with Gasteiger partial charge in [-0.15, -0.1) is 0 Å². The van der Waals surface area contributed by atoms with E-state index in [0.717, 1.165) is 5.56 Å². The molecule has 10 heteroatoms. The molecule has 0 saturated carbocycles. The molecule has 0 saturated heterocycles. The van der Waals surface area contributed by atoms with Gasteiger partial charge in [0.2, 0.25) is 0 Å². The van der Waals surface area contributed by atoms with Crippen molar-refractivity contribution in [1.29, 1.82) is 0 Å². The second-order valence-corrected chi connectivity index (χ2v) is 7.06. The monoisotopic (exact) mass is 456 g/mol. The second kappa shape index (κ2) is 7.92. The highest BCUT2D eigenvalue weighted by atomic mass is 19.4. The number of ether oxygens (including phenoxy) is 2. The van der Waals surface area contributed by atoms with Crippen LogP contribution in [0, 0.1) is 0 Å². The maximum Gasteiger partial charge on any atom is 0.416 e. The SMILES string of the molecule is O=C(OCc1ccc(-c2cc(C(F)(F)F)cc(C(F)(F)F)c2)o1)c1ccc2c(c1)CCO2. The standard InChI is InChI=1S/C22H14F6O4/c23-21(24,25)15-8-14(9-16(10-15)22(26,27)28)19-4-2-17(32-19)11-31-20(29)13-1-3-18-12(7-13)5-6-30-18/h1-4,7-10H,5-6,11H2. The van der Waals surface area contributed by atoms with Crippen molar-refractivity contribution in [3.63, 3.8) is 0 Å². The van der Waals surface area contributed by atoms with E-state index in [9.17, 15) is 31.1 Å². The summed E-state index contributed by atoms with van der Waals surface area (Å²) in [7, 11) is 0. The van der Waals surface area contributed by atoms with Crippen LogP contribution in [-0.2, 0) is 30.1 Å². The number of rotatable bonds is 4. The molecule has 32 heavy (non-hydrogen) atoms. The van der Waals surface area contributed by atoms with Crippen LogP contribution in [0.1, 0.15) is 32.8 Å². The Bertz CT molecular complexity index is 1130. The normalized spacial score (nSPS) is 13.6. The number of benzene rings is 2. The minimum absolute atomic E-state index is 0.0385. The van der Waals surface area contributed by atoms with E-state index in [-0.39, 0.29) is 29.8 Å². The number of alkyl halides is 6. The lowest BCUT2D eigenvalue weighted by molar-refractivity contribution is -0.143. The third-order valence-corrected chi connectivity index (χ3v) is 4.80. The summed E-state index contributed by atoms with van der Waals surface area (Å²) in [6, 6.07) is 8.51. The fourth-order valence-electron chi connectivity index (χ4n) is 3.24. The van der Waals surface area contributed by atoms with Crippen LogP contribution < -0.4 is 4.74 Å². The van der Waals surface area contributed by atoms with Gasteiger partial charge in [0.15, 0.2) is 0 Å². The van der Waals surface area contributed by atoms with Crippen molar-refractivity contribution in [2.24, 2.45) is 0 Å². The number of carbonyl (C=O) groups is 1.